The zero-order chi connectivity index (χ0) is 21.5. The Labute approximate surface area is 179 Å². The van der Waals surface area contributed by atoms with Gasteiger partial charge in [-0.3, -0.25) is 4.57 Å². The predicted octanol–water partition coefficient (Wildman–Crippen LogP) is 3.49. The zero-order valence-electron chi connectivity index (χ0n) is 17.0. The average molecular weight is 420 g/mol. The van der Waals surface area contributed by atoms with E-state index in [4.69, 9.17) is 9.47 Å². The Morgan fingerprint density at radius 2 is 1.94 bits per heavy atom. The molecule has 1 aliphatic heterocycles. The topological polar surface area (TPSA) is 94.5 Å². The number of carbonyl (C=O) groups is 1. The number of amides is 2. The van der Waals surface area contributed by atoms with Crippen LogP contribution in [-0.4, -0.2) is 34.9 Å². The minimum absolute atomic E-state index is 0.134. The molecule has 3 aromatic rings. The van der Waals surface area contributed by atoms with E-state index in [1.807, 2.05) is 30.3 Å². The number of anilines is 2. The van der Waals surface area contributed by atoms with E-state index in [0.29, 0.717) is 30.3 Å². The van der Waals surface area contributed by atoms with Gasteiger partial charge >= 0.3 is 11.7 Å². The van der Waals surface area contributed by atoms with Gasteiger partial charge < -0.3 is 20.1 Å². The third-order valence-electron chi connectivity index (χ3n) is 4.87. The first kappa shape index (κ1) is 20.6. The van der Waals surface area contributed by atoms with Gasteiger partial charge in [0, 0.05) is 36.4 Å². The minimum Gasteiger partial charge on any atom is -0.491 e. The number of nitrogens with zero attached hydrogens (tertiary/aromatic N) is 2. The number of rotatable bonds is 7. The molecule has 8 nitrogen and oxygen atoms in total. The van der Waals surface area contributed by atoms with Gasteiger partial charge in [0.25, 0.3) is 0 Å². The number of hydrogen-bond donors (Lipinski definition) is 2. The molecule has 2 aromatic carbocycles. The van der Waals surface area contributed by atoms with Crippen LogP contribution < -0.4 is 21.1 Å². The van der Waals surface area contributed by atoms with Crippen LogP contribution in [0.2, 0.25) is 0 Å². The van der Waals surface area contributed by atoms with Crippen LogP contribution in [0.4, 0.5) is 16.2 Å². The summed E-state index contributed by atoms with van der Waals surface area (Å²) < 4.78 is 12.8. The lowest BCUT2D eigenvalue weighted by atomic mass is 10.2. The summed E-state index contributed by atoms with van der Waals surface area (Å²) >= 11 is 0. The van der Waals surface area contributed by atoms with E-state index in [0.717, 1.165) is 25.0 Å². The molecule has 0 spiro atoms. The molecule has 2 amide bonds. The van der Waals surface area contributed by atoms with E-state index in [2.05, 4.69) is 15.6 Å². The second-order valence-corrected chi connectivity index (χ2v) is 7.28. The van der Waals surface area contributed by atoms with Crippen molar-refractivity contribution in [3.8, 4) is 5.75 Å². The smallest absolute Gasteiger partial charge is 0.347 e. The highest BCUT2D eigenvalue weighted by Crippen LogP contribution is 2.20. The van der Waals surface area contributed by atoms with E-state index in [9.17, 15) is 9.59 Å². The van der Waals surface area contributed by atoms with Crippen LogP contribution in [0.15, 0.2) is 71.8 Å². The van der Waals surface area contributed by atoms with Gasteiger partial charge in [-0.15, -0.1) is 0 Å². The van der Waals surface area contributed by atoms with Gasteiger partial charge in [-0.2, -0.15) is 0 Å². The van der Waals surface area contributed by atoms with Crippen molar-refractivity contribution in [2.24, 2.45) is 0 Å². The highest BCUT2D eigenvalue weighted by molar-refractivity contribution is 5.99. The first-order valence-corrected chi connectivity index (χ1v) is 10.2. The van der Waals surface area contributed by atoms with E-state index >= 15 is 0 Å². The molecule has 1 fully saturated rings. The van der Waals surface area contributed by atoms with Crippen LogP contribution in [0.25, 0.3) is 0 Å². The Morgan fingerprint density at radius 1 is 1.13 bits per heavy atom. The van der Waals surface area contributed by atoms with E-state index in [1.54, 1.807) is 30.5 Å². The predicted molar refractivity (Wildman–Crippen MR) is 118 cm³/mol. The largest absolute Gasteiger partial charge is 0.491 e. The maximum atomic E-state index is 12.4. The molecule has 1 aliphatic rings. The van der Waals surface area contributed by atoms with Crippen molar-refractivity contribution in [3.05, 3.63) is 83.0 Å². The number of ether oxygens (including phenoxy) is 2. The molecule has 1 saturated heterocycles. The van der Waals surface area contributed by atoms with Crippen LogP contribution in [0.3, 0.4) is 0 Å². The Balaban J connectivity index is 1.34. The second kappa shape index (κ2) is 9.90. The van der Waals surface area contributed by atoms with Gasteiger partial charge in [0.15, 0.2) is 0 Å². The average Bonchev–Trinajstić information content (AvgIpc) is 3.28. The van der Waals surface area contributed by atoms with Crippen LogP contribution >= 0.6 is 0 Å². The zero-order valence-corrected chi connectivity index (χ0v) is 17.0. The van der Waals surface area contributed by atoms with E-state index in [-0.39, 0.29) is 17.8 Å². The molecule has 0 bridgehead atoms. The maximum Gasteiger partial charge on any atom is 0.347 e. The van der Waals surface area contributed by atoms with Crippen molar-refractivity contribution in [1.29, 1.82) is 0 Å². The van der Waals surface area contributed by atoms with Crippen LogP contribution in [0, 0.1) is 0 Å². The standard InChI is InChI=1S/C23H24N4O4/c28-22(26-19-7-2-8-20(14-19)31-16-21-9-3-12-30-21)25-18-6-1-5-17(13-18)15-27-11-4-10-24-23(27)29/h1-2,4-8,10-11,13-14,21H,3,9,12,15-16H2,(H2,25,26,28). The molecule has 160 valence electrons. The molecule has 8 heteroatoms. The fourth-order valence-corrected chi connectivity index (χ4v) is 3.37. The number of benzene rings is 2. The first-order valence-electron chi connectivity index (χ1n) is 10.2. The summed E-state index contributed by atoms with van der Waals surface area (Å²) in [6.07, 6.45) is 5.35. The van der Waals surface area contributed by atoms with Gasteiger partial charge in [0.1, 0.15) is 12.4 Å². The SMILES string of the molecule is O=C(Nc1cccc(Cn2cccnc2=O)c1)Nc1cccc(OCC2CCCO2)c1. The maximum absolute atomic E-state index is 12.4. The quantitative estimate of drug-likeness (QED) is 0.610. The summed E-state index contributed by atoms with van der Waals surface area (Å²) in [6.45, 7) is 1.66. The molecule has 0 saturated carbocycles. The van der Waals surface area contributed by atoms with Crippen LogP contribution in [0.1, 0.15) is 18.4 Å². The lowest BCUT2D eigenvalue weighted by Crippen LogP contribution is -2.22. The summed E-state index contributed by atoms with van der Waals surface area (Å²) in [6, 6.07) is 15.9. The summed E-state index contributed by atoms with van der Waals surface area (Å²) in [5.74, 6) is 0.678. The minimum atomic E-state index is -0.369. The van der Waals surface area contributed by atoms with Gasteiger partial charge in [0.2, 0.25) is 0 Å². The third kappa shape index (κ3) is 5.93. The van der Waals surface area contributed by atoms with Gasteiger partial charge in [-0.05, 0) is 48.7 Å². The summed E-state index contributed by atoms with van der Waals surface area (Å²) in [5.41, 5.74) is 1.80. The van der Waals surface area contributed by atoms with Crippen molar-refractivity contribution >= 4 is 17.4 Å². The van der Waals surface area contributed by atoms with Crippen molar-refractivity contribution in [1.82, 2.24) is 9.55 Å². The molecule has 31 heavy (non-hydrogen) atoms. The van der Waals surface area contributed by atoms with E-state index < -0.39 is 0 Å². The fourth-order valence-electron chi connectivity index (χ4n) is 3.37. The molecular weight excluding hydrogens is 396 g/mol. The van der Waals surface area contributed by atoms with Gasteiger partial charge in [-0.1, -0.05) is 18.2 Å². The molecule has 2 N–H and O–H groups in total. The lowest BCUT2D eigenvalue weighted by molar-refractivity contribution is 0.0680. The van der Waals surface area contributed by atoms with Crippen LogP contribution in [0.5, 0.6) is 5.75 Å². The number of aromatic nitrogens is 2. The lowest BCUT2D eigenvalue weighted by Gasteiger charge is -2.13. The normalized spacial score (nSPS) is 15.4. The molecule has 0 aliphatic carbocycles. The number of carbonyl (C=O) groups excluding carboxylic acids is 1. The third-order valence-corrected chi connectivity index (χ3v) is 4.87. The van der Waals surface area contributed by atoms with Crippen LogP contribution in [-0.2, 0) is 11.3 Å². The molecule has 2 heterocycles. The summed E-state index contributed by atoms with van der Waals surface area (Å²) in [5, 5.41) is 5.62. The van der Waals surface area contributed by atoms with Gasteiger partial charge in [-0.25, -0.2) is 14.6 Å². The number of hydrogen-bond acceptors (Lipinski definition) is 5. The molecule has 1 aromatic heterocycles. The molecule has 1 atom stereocenters. The summed E-state index contributed by atoms with van der Waals surface area (Å²) in [4.78, 5) is 28.0. The van der Waals surface area contributed by atoms with Crippen molar-refractivity contribution in [3.63, 3.8) is 0 Å². The highest BCUT2D eigenvalue weighted by atomic mass is 16.5. The number of urea groups is 1. The van der Waals surface area contributed by atoms with Crippen molar-refractivity contribution in [2.45, 2.75) is 25.5 Å². The van der Waals surface area contributed by atoms with E-state index in [1.165, 1.54) is 10.8 Å². The summed E-state index contributed by atoms with van der Waals surface area (Å²) in [7, 11) is 0. The molecule has 0 radical (unpaired) electrons. The Bertz CT molecular complexity index is 1090. The van der Waals surface area contributed by atoms with Gasteiger partial charge in [0.05, 0.1) is 12.6 Å². The van der Waals surface area contributed by atoms with Crippen molar-refractivity contribution in [2.75, 3.05) is 23.8 Å². The highest BCUT2D eigenvalue weighted by Gasteiger charge is 2.16. The second-order valence-electron chi connectivity index (χ2n) is 7.28. The first-order chi connectivity index (χ1) is 15.2. The van der Waals surface area contributed by atoms with Crippen molar-refractivity contribution < 1.29 is 14.3 Å². The Hall–Kier alpha value is -3.65. The number of nitrogens with one attached hydrogen (secondary N) is 2. The molecule has 1 unspecified atom stereocenters. The molecular formula is C23H24N4O4. The fraction of sp³-hybridized carbons (Fsp3) is 0.261. The Kier molecular flexibility index (Phi) is 6.59. The monoisotopic (exact) mass is 420 g/mol. The molecule has 4 rings (SSSR count). The Morgan fingerprint density at radius 3 is 2.71 bits per heavy atom.